The first-order valence-corrected chi connectivity index (χ1v) is 13.3. The van der Waals surface area contributed by atoms with E-state index in [4.69, 9.17) is 30.8 Å². The highest BCUT2D eigenvalue weighted by molar-refractivity contribution is 6.30. The zero-order chi connectivity index (χ0) is 26.7. The Morgan fingerprint density at radius 2 is 1.74 bits per heavy atom. The summed E-state index contributed by atoms with van der Waals surface area (Å²) in [5, 5.41) is 3.73. The summed E-state index contributed by atoms with van der Waals surface area (Å²) in [6.07, 6.45) is 3.79. The summed E-state index contributed by atoms with van der Waals surface area (Å²) in [6.45, 7) is 2.10. The fourth-order valence-corrected chi connectivity index (χ4v) is 4.50. The maximum Gasteiger partial charge on any atom is 0.224 e. The third-order valence-corrected chi connectivity index (χ3v) is 6.56. The van der Waals surface area contributed by atoms with Gasteiger partial charge in [0.25, 0.3) is 0 Å². The highest BCUT2D eigenvalue weighted by Crippen LogP contribution is 2.27. The van der Waals surface area contributed by atoms with Crippen LogP contribution >= 0.6 is 11.6 Å². The number of benzene rings is 3. The predicted octanol–water partition coefficient (Wildman–Crippen LogP) is 5.86. The standard InChI is InChI=1S/C30H34ClN3O4/c1-36-27-16-11-22(20-28(27)37-2)21-30(35)32-17-7-10-29-33-25-8-3-4-9-26(25)34(29)18-5-6-19-38-24-14-12-23(31)13-15-24/h3-4,8-9,11-16,20H,5-7,10,17-19,21H2,1-2H3,(H,32,35). The van der Waals surface area contributed by atoms with Crippen molar-refractivity contribution < 1.29 is 19.0 Å². The fourth-order valence-electron chi connectivity index (χ4n) is 4.37. The van der Waals surface area contributed by atoms with Crippen LogP contribution in [0.3, 0.4) is 0 Å². The van der Waals surface area contributed by atoms with Crippen molar-refractivity contribution in [1.82, 2.24) is 14.9 Å². The minimum atomic E-state index is -0.0218. The van der Waals surface area contributed by atoms with Crippen molar-refractivity contribution in [2.24, 2.45) is 0 Å². The van der Waals surface area contributed by atoms with Crippen molar-refractivity contribution in [2.45, 2.75) is 38.6 Å². The van der Waals surface area contributed by atoms with Gasteiger partial charge in [-0.1, -0.05) is 29.8 Å². The Morgan fingerprint density at radius 3 is 2.53 bits per heavy atom. The maximum atomic E-state index is 12.5. The topological polar surface area (TPSA) is 74.6 Å². The van der Waals surface area contributed by atoms with Crippen LogP contribution in [0.25, 0.3) is 11.0 Å². The second kappa shape index (κ2) is 13.7. The summed E-state index contributed by atoms with van der Waals surface area (Å²) in [5.74, 6) is 3.11. The zero-order valence-electron chi connectivity index (χ0n) is 21.9. The number of hydrogen-bond donors (Lipinski definition) is 1. The van der Waals surface area contributed by atoms with Crippen molar-refractivity contribution in [1.29, 1.82) is 0 Å². The molecule has 38 heavy (non-hydrogen) atoms. The number of carbonyl (C=O) groups is 1. The van der Waals surface area contributed by atoms with E-state index in [9.17, 15) is 4.79 Å². The Bertz CT molecular complexity index is 1340. The Balaban J connectivity index is 1.25. The molecule has 4 aromatic rings. The molecule has 0 saturated carbocycles. The second-order valence-electron chi connectivity index (χ2n) is 9.00. The molecule has 3 aromatic carbocycles. The Labute approximate surface area is 228 Å². The summed E-state index contributed by atoms with van der Waals surface area (Å²) in [4.78, 5) is 17.4. The lowest BCUT2D eigenvalue weighted by Gasteiger charge is -2.11. The van der Waals surface area contributed by atoms with Gasteiger partial charge in [0, 0.05) is 24.5 Å². The van der Waals surface area contributed by atoms with Gasteiger partial charge >= 0.3 is 0 Å². The van der Waals surface area contributed by atoms with Gasteiger partial charge in [-0.15, -0.1) is 0 Å². The van der Waals surface area contributed by atoms with Gasteiger partial charge in [-0.3, -0.25) is 4.79 Å². The average Bonchev–Trinajstić information content (AvgIpc) is 3.29. The van der Waals surface area contributed by atoms with Crippen LogP contribution in [0.4, 0.5) is 0 Å². The van der Waals surface area contributed by atoms with E-state index in [1.54, 1.807) is 14.2 Å². The van der Waals surface area contributed by atoms with E-state index in [1.807, 2.05) is 60.7 Å². The lowest BCUT2D eigenvalue weighted by Crippen LogP contribution is -2.26. The molecule has 1 amide bonds. The molecule has 0 fully saturated rings. The summed E-state index contributed by atoms with van der Waals surface area (Å²) in [5.41, 5.74) is 3.01. The number of carbonyl (C=O) groups excluding carboxylic acids is 1. The maximum absolute atomic E-state index is 12.5. The predicted molar refractivity (Wildman–Crippen MR) is 150 cm³/mol. The van der Waals surface area contributed by atoms with Crippen molar-refractivity contribution in [3.05, 3.63) is 83.1 Å². The number of ether oxygens (including phenoxy) is 3. The van der Waals surface area contributed by atoms with Crippen LogP contribution < -0.4 is 19.5 Å². The first-order valence-electron chi connectivity index (χ1n) is 12.9. The van der Waals surface area contributed by atoms with Crippen LogP contribution in [0.2, 0.25) is 5.02 Å². The highest BCUT2D eigenvalue weighted by atomic mass is 35.5. The minimum absolute atomic E-state index is 0.0218. The number of aromatic nitrogens is 2. The van der Waals surface area contributed by atoms with Crippen molar-refractivity contribution in [3.63, 3.8) is 0 Å². The number of halogens is 1. The number of para-hydroxylation sites is 2. The first-order chi connectivity index (χ1) is 18.6. The van der Waals surface area contributed by atoms with Crippen molar-refractivity contribution in [2.75, 3.05) is 27.4 Å². The summed E-state index contributed by atoms with van der Waals surface area (Å²) in [7, 11) is 3.18. The van der Waals surface area contributed by atoms with Gasteiger partial charge in [0.15, 0.2) is 11.5 Å². The number of aryl methyl sites for hydroxylation is 2. The molecule has 0 bridgehead atoms. The number of amides is 1. The van der Waals surface area contributed by atoms with E-state index < -0.39 is 0 Å². The van der Waals surface area contributed by atoms with Gasteiger partial charge in [-0.2, -0.15) is 0 Å². The fraction of sp³-hybridized carbons (Fsp3) is 0.333. The molecule has 0 aliphatic carbocycles. The molecule has 0 aliphatic rings. The van der Waals surface area contributed by atoms with Crippen molar-refractivity contribution >= 4 is 28.5 Å². The van der Waals surface area contributed by atoms with Gasteiger partial charge in [-0.05, 0) is 73.4 Å². The van der Waals surface area contributed by atoms with Crippen LogP contribution in [-0.4, -0.2) is 42.8 Å². The van der Waals surface area contributed by atoms with Crippen LogP contribution in [0, 0.1) is 0 Å². The quantitative estimate of drug-likeness (QED) is 0.205. The summed E-state index contributed by atoms with van der Waals surface area (Å²) < 4.78 is 18.7. The van der Waals surface area contributed by atoms with Crippen molar-refractivity contribution in [3.8, 4) is 17.2 Å². The van der Waals surface area contributed by atoms with Crippen LogP contribution in [0.5, 0.6) is 17.2 Å². The Morgan fingerprint density at radius 1 is 0.947 bits per heavy atom. The van der Waals surface area contributed by atoms with Gasteiger partial charge in [0.05, 0.1) is 38.3 Å². The van der Waals surface area contributed by atoms with E-state index in [-0.39, 0.29) is 12.3 Å². The normalized spacial score (nSPS) is 10.9. The molecule has 1 N–H and O–H groups in total. The van der Waals surface area contributed by atoms with Crippen LogP contribution in [-0.2, 0) is 24.2 Å². The molecule has 0 atom stereocenters. The van der Waals surface area contributed by atoms with Gasteiger partial charge in [-0.25, -0.2) is 4.98 Å². The molecule has 0 spiro atoms. The third-order valence-electron chi connectivity index (χ3n) is 6.30. The summed E-state index contributed by atoms with van der Waals surface area (Å²) in [6, 6.07) is 21.2. The van der Waals surface area contributed by atoms with Crippen LogP contribution in [0.1, 0.15) is 30.7 Å². The van der Waals surface area contributed by atoms with Gasteiger partial charge in [0.2, 0.25) is 5.91 Å². The number of unbranched alkanes of at least 4 members (excludes halogenated alkanes) is 1. The van der Waals surface area contributed by atoms with E-state index in [0.717, 1.165) is 60.4 Å². The molecule has 0 saturated heterocycles. The number of fused-ring (bicyclic) bond motifs is 1. The molecule has 4 rings (SSSR count). The molecule has 1 aromatic heterocycles. The number of nitrogens with zero attached hydrogens (tertiary/aromatic N) is 2. The highest BCUT2D eigenvalue weighted by Gasteiger charge is 2.11. The molecule has 8 heteroatoms. The Hall–Kier alpha value is -3.71. The van der Waals surface area contributed by atoms with E-state index in [1.165, 1.54) is 0 Å². The van der Waals surface area contributed by atoms with E-state index in [0.29, 0.717) is 29.7 Å². The van der Waals surface area contributed by atoms with Gasteiger partial charge in [0.1, 0.15) is 11.6 Å². The Kier molecular flexibility index (Phi) is 9.87. The third kappa shape index (κ3) is 7.42. The lowest BCUT2D eigenvalue weighted by molar-refractivity contribution is -0.120. The first kappa shape index (κ1) is 27.3. The largest absolute Gasteiger partial charge is 0.494 e. The smallest absolute Gasteiger partial charge is 0.224 e. The summed E-state index contributed by atoms with van der Waals surface area (Å²) >= 11 is 5.94. The molecule has 0 unspecified atom stereocenters. The van der Waals surface area contributed by atoms with Crippen LogP contribution in [0.15, 0.2) is 66.7 Å². The van der Waals surface area contributed by atoms with Gasteiger partial charge < -0.3 is 24.1 Å². The number of rotatable bonds is 14. The lowest BCUT2D eigenvalue weighted by atomic mass is 10.1. The SMILES string of the molecule is COc1ccc(CC(=O)NCCCc2nc3ccccc3n2CCCCOc2ccc(Cl)cc2)cc1OC. The molecule has 7 nitrogen and oxygen atoms in total. The molecule has 200 valence electrons. The monoisotopic (exact) mass is 535 g/mol. The molecule has 0 aliphatic heterocycles. The number of hydrogen-bond acceptors (Lipinski definition) is 5. The molecule has 1 heterocycles. The minimum Gasteiger partial charge on any atom is -0.494 e. The van der Waals surface area contributed by atoms with E-state index >= 15 is 0 Å². The molecular formula is C30H34ClN3O4. The molecule has 0 radical (unpaired) electrons. The number of nitrogens with one attached hydrogen (secondary N) is 1. The van der Waals surface area contributed by atoms with E-state index in [2.05, 4.69) is 16.0 Å². The second-order valence-corrected chi connectivity index (χ2v) is 9.43. The molecular weight excluding hydrogens is 502 g/mol. The zero-order valence-corrected chi connectivity index (χ0v) is 22.7. The number of imidazole rings is 1. The number of methoxy groups -OCH3 is 2. The average molecular weight is 536 g/mol.